The zero-order valence-corrected chi connectivity index (χ0v) is 20.1. The molecular formula is C22H17F4N5O2S2. The zero-order valence-electron chi connectivity index (χ0n) is 18.5. The van der Waals surface area contributed by atoms with E-state index in [0.29, 0.717) is 27.6 Å². The van der Waals surface area contributed by atoms with Crippen molar-refractivity contribution in [2.24, 2.45) is 0 Å². The third kappa shape index (κ3) is 6.38. The van der Waals surface area contributed by atoms with Gasteiger partial charge in [-0.25, -0.2) is 24.0 Å². The van der Waals surface area contributed by atoms with Gasteiger partial charge in [0.1, 0.15) is 11.5 Å². The summed E-state index contributed by atoms with van der Waals surface area (Å²) < 4.78 is 54.6. The van der Waals surface area contributed by atoms with E-state index in [4.69, 9.17) is 9.59 Å². The van der Waals surface area contributed by atoms with Gasteiger partial charge in [-0.1, -0.05) is 37.3 Å². The van der Waals surface area contributed by atoms with Crippen molar-refractivity contribution >= 4 is 29.3 Å². The van der Waals surface area contributed by atoms with Crippen molar-refractivity contribution < 1.29 is 27.2 Å². The number of carbonyl (C=O) groups excluding carboxylic acids is 2. The van der Waals surface area contributed by atoms with Gasteiger partial charge in [0.2, 0.25) is 11.0 Å². The molecule has 0 N–H and O–H groups in total. The smallest absolute Gasteiger partial charge is 0.232 e. The molecule has 0 atom stereocenters. The fraction of sp³-hybridized carbons (Fsp3) is 0.227. The van der Waals surface area contributed by atoms with E-state index in [-0.39, 0.29) is 17.2 Å². The Balaban J connectivity index is 0.00000108. The van der Waals surface area contributed by atoms with Crippen LogP contribution in [0.2, 0.25) is 0 Å². The van der Waals surface area contributed by atoms with Crippen molar-refractivity contribution in [3.8, 4) is 27.5 Å². The van der Waals surface area contributed by atoms with Crippen LogP contribution in [-0.2, 0) is 15.8 Å². The molecule has 4 aromatic rings. The van der Waals surface area contributed by atoms with Crippen molar-refractivity contribution in [2.45, 2.75) is 36.4 Å². The number of aromatic nitrogens is 5. The quantitative estimate of drug-likeness (QED) is 0.240. The van der Waals surface area contributed by atoms with Gasteiger partial charge in [-0.15, -0.1) is 11.8 Å². The van der Waals surface area contributed by atoms with E-state index in [2.05, 4.69) is 20.1 Å². The minimum atomic E-state index is -4.61. The molecule has 0 aliphatic rings. The number of benzene rings is 1. The molecule has 3 aromatic heterocycles. The maximum absolute atomic E-state index is 13.7. The molecule has 0 amide bonds. The van der Waals surface area contributed by atoms with E-state index in [1.54, 1.807) is 34.8 Å². The highest BCUT2D eigenvalue weighted by Gasteiger charge is 2.34. The summed E-state index contributed by atoms with van der Waals surface area (Å²) in [5.41, 5.74) is 3.04. The summed E-state index contributed by atoms with van der Waals surface area (Å²) in [5.74, 6) is -1.54. The van der Waals surface area contributed by atoms with Gasteiger partial charge in [-0.3, -0.25) is 0 Å². The molecule has 3 heterocycles. The third-order valence-corrected chi connectivity index (χ3v) is 6.59. The normalized spacial score (nSPS) is 11.2. The second kappa shape index (κ2) is 10.9. The molecular weight excluding hydrogens is 506 g/mol. The van der Waals surface area contributed by atoms with E-state index in [1.807, 2.05) is 20.8 Å². The highest BCUT2D eigenvalue weighted by atomic mass is 32.2. The predicted molar refractivity (Wildman–Crippen MR) is 121 cm³/mol. The molecule has 7 nitrogen and oxygen atoms in total. The predicted octanol–water partition coefficient (Wildman–Crippen LogP) is 5.84. The fourth-order valence-electron chi connectivity index (χ4n) is 2.96. The first-order valence-corrected chi connectivity index (χ1v) is 11.6. The Kier molecular flexibility index (Phi) is 8.15. The van der Waals surface area contributed by atoms with Gasteiger partial charge in [0, 0.05) is 35.0 Å². The molecule has 0 bridgehead atoms. The number of halogens is 4. The van der Waals surface area contributed by atoms with Crippen LogP contribution in [0.1, 0.15) is 25.4 Å². The van der Waals surface area contributed by atoms with Crippen molar-refractivity contribution in [3.63, 3.8) is 0 Å². The Morgan fingerprint density at radius 3 is 2.34 bits per heavy atom. The van der Waals surface area contributed by atoms with Gasteiger partial charge in [0.05, 0.1) is 9.90 Å². The Morgan fingerprint density at radius 2 is 1.77 bits per heavy atom. The second-order valence-electron chi connectivity index (χ2n) is 7.26. The van der Waals surface area contributed by atoms with Crippen molar-refractivity contribution in [2.75, 3.05) is 0 Å². The van der Waals surface area contributed by atoms with Gasteiger partial charge >= 0.3 is 12.3 Å². The van der Waals surface area contributed by atoms with Gasteiger partial charge in [-0.05, 0) is 24.6 Å². The third-order valence-electron chi connectivity index (χ3n) is 4.34. The largest absolute Gasteiger partial charge is 0.451 e. The van der Waals surface area contributed by atoms with E-state index in [9.17, 15) is 17.6 Å². The molecule has 182 valence electrons. The lowest BCUT2D eigenvalue weighted by molar-refractivity contribution is -0.191. The highest BCUT2D eigenvalue weighted by molar-refractivity contribution is 8.01. The SMILES string of the molecule is Cc1nn(-c2nc(-c3cnc(C(F)(F)F)nc3)c(SC(C)C)s2)cc1-c1cccc(F)c1.O=C=O. The molecule has 4 rings (SSSR count). The summed E-state index contributed by atoms with van der Waals surface area (Å²) in [6.45, 7) is 5.84. The molecule has 0 aliphatic heterocycles. The molecule has 0 saturated carbocycles. The van der Waals surface area contributed by atoms with Crippen molar-refractivity contribution in [3.05, 3.63) is 60.2 Å². The van der Waals surface area contributed by atoms with Crippen LogP contribution < -0.4 is 0 Å². The summed E-state index contributed by atoms with van der Waals surface area (Å²) >= 11 is 2.91. The number of thiazole rings is 1. The van der Waals surface area contributed by atoms with Crippen molar-refractivity contribution in [1.82, 2.24) is 24.7 Å². The van der Waals surface area contributed by atoms with E-state index in [1.165, 1.54) is 23.5 Å². The Hall–Kier alpha value is -3.41. The second-order valence-corrected chi connectivity index (χ2v) is 10.1. The lowest BCUT2D eigenvalue weighted by atomic mass is 10.1. The van der Waals surface area contributed by atoms with Crippen LogP contribution in [0.5, 0.6) is 0 Å². The lowest BCUT2D eigenvalue weighted by Gasteiger charge is -2.06. The molecule has 0 radical (unpaired) electrons. The summed E-state index contributed by atoms with van der Waals surface area (Å²) in [6, 6.07) is 6.23. The average Bonchev–Trinajstić information content (AvgIpc) is 3.37. The maximum atomic E-state index is 13.7. The molecule has 0 unspecified atom stereocenters. The molecule has 35 heavy (non-hydrogen) atoms. The number of hydrogen-bond acceptors (Lipinski definition) is 8. The maximum Gasteiger partial charge on any atom is 0.451 e. The first-order valence-electron chi connectivity index (χ1n) is 9.92. The molecule has 0 spiro atoms. The Morgan fingerprint density at radius 1 is 1.11 bits per heavy atom. The summed E-state index contributed by atoms with van der Waals surface area (Å²) in [5, 5.41) is 5.27. The van der Waals surface area contributed by atoms with Gasteiger partial charge in [-0.2, -0.15) is 27.9 Å². The first-order chi connectivity index (χ1) is 16.5. The van der Waals surface area contributed by atoms with Crippen LogP contribution in [0.25, 0.3) is 27.5 Å². The van der Waals surface area contributed by atoms with E-state index < -0.39 is 12.0 Å². The van der Waals surface area contributed by atoms with Crippen LogP contribution in [-0.4, -0.2) is 36.1 Å². The number of alkyl halides is 3. The monoisotopic (exact) mass is 523 g/mol. The molecule has 1 aromatic carbocycles. The topological polar surface area (TPSA) is 90.6 Å². The summed E-state index contributed by atoms with van der Waals surface area (Å²) in [7, 11) is 0. The molecule has 0 saturated heterocycles. The minimum Gasteiger partial charge on any atom is -0.232 e. The van der Waals surface area contributed by atoms with Crippen LogP contribution in [0, 0.1) is 12.7 Å². The van der Waals surface area contributed by atoms with Gasteiger partial charge < -0.3 is 0 Å². The van der Waals surface area contributed by atoms with Crippen LogP contribution in [0.15, 0.2) is 47.1 Å². The average molecular weight is 524 g/mol. The van der Waals surface area contributed by atoms with Crippen molar-refractivity contribution in [1.29, 1.82) is 0 Å². The molecule has 0 aliphatic carbocycles. The first kappa shape index (κ1) is 26.2. The molecule has 13 heteroatoms. The zero-order chi connectivity index (χ0) is 25.8. The Labute approximate surface area is 205 Å². The summed E-state index contributed by atoms with van der Waals surface area (Å²) in [4.78, 5) is 27.8. The summed E-state index contributed by atoms with van der Waals surface area (Å²) in [6.07, 6.45) is -0.335. The van der Waals surface area contributed by atoms with E-state index in [0.717, 1.165) is 22.2 Å². The van der Waals surface area contributed by atoms with Crippen LogP contribution >= 0.6 is 23.1 Å². The number of rotatable bonds is 5. The molecule has 0 fully saturated rings. The lowest BCUT2D eigenvalue weighted by Crippen LogP contribution is -2.10. The number of thioether (sulfide) groups is 1. The van der Waals surface area contributed by atoms with Crippen LogP contribution in [0.4, 0.5) is 17.6 Å². The fourth-order valence-corrected chi connectivity index (χ4v) is 5.41. The number of nitrogens with zero attached hydrogens (tertiary/aromatic N) is 5. The number of hydrogen-bond donors (Lipinski definition) is 0. The van der Waals surface area contributed by atoms with Gasteiger partial charge in [0.25, 0.3) is 0 Å². The van der Waals surface area contributed by atoms with Gasteiger partial charge in [0.15, 0.2) is 0 Å². The van der Waals surface area contributed by atoms with E-state index >= 15 is 0 Å². The standard InChI is InChI=1S/C21H17F4N5S2.CO2/c1-11(2)31-18-17(14-8-26-19(27-9-14)21(23,24)25)28-20(32-18)30-10-16(12(3)29-30)13-5-4-6-15(22)7-13;2-1-3/h4-11H,1-3H3;. The number of aryl methyl sites for hydroxylation is 1. The highest BCUT2D eigenvalue weighted by Crippen LogP contribution is 2.40. The Bertz CT molecular complexity index is 1340. The minimum absolute atomic E-state index is 0.222. The van der Waals surface area contributed by atoms with Crippen LogP contribution in [0.3, 0.4) is 0 Å².